The van der Waals surface area contributed by atoms with Gasteiger partial charge in [0.05, 0.1) is 5.69 Å². The number of carbonyl (C=O) groups is 1. The fourth-order valence-corrected chi connectivity index (χ4v) is 2.72. The molecule has 0 aliphatic heterocycles. The molecule has 0 bridgehead atoms. The van der Waals surface area contributed by atoms with E-state index in [1.54, 1.807) is 22.9 Å². The predicted molar refractivity (Wildman–Crippen MR) is 89.7 cm³/mol. The molecule has 1 aliphatic rings. The number of carbonyl (C=O) groups excluding carboxylic acids is 1. The van der Waals surface area contributed by atoms with Gasteiger partial charge in [-0.15, -0.1) is 0 Å². The fourth-order valence-electron chi connectivity index (χ4n) is 2.72. The Morgan fingerprint density at radius 3 is 2.92 bits per heavy atom. The van der Waals surface area contributed by atoms with Gasteiger partial charge in [-0.3, -0.25) is 14.8 Å². The van der Waals surface area contributed by atoms with Gasteiger partial charge in [0.2, 0.25) is 0 Å². The third-order valence-electron chi connectivity index (χ3n) is 4.20. The summed E-state index contributed by atoms with van der Waals surface area (Å²) in [6, 6.07) is 8.11. The van der Waals surface area contributed by atoms with Crippen molar-refractivity contribution in [2.75, 3.05) is 5.32 Å². The molecule has 1 aromatic carbocycles. The molecule has 1 aliphatic carbocycles. The van der Waals surface area contributed by atoms with E-state index in [4.69, 9.17) is 4.42 Å². The van der Waals surface area contributed by atoms with Gasteiger partial charge in [0.25, 0.3) is 5.91 Å². The summed E-state index contributed by atoms with van der Waals surface area (Å²) in [5.74, 6) is -0.274. The number of rotatable bonds is 5. The standard InChI is InChI=1S/C18H17FN4O2/c1-2-23-16(9-14(22-23)11-7-8-11)17(24)21-18-20-15(10-25-18)12-5-3-4-6-13(12)19/h3-6,9-11H,2,7-8H2,1H3,(H,20,21,24). The van der Waals surface area contributed by atoms with Gasteiger partial charge in [-0.05, 0) is 38.0 Å². The van der Waals surface area contributed by atoms with E-state index in [0.717, 1.165) is 18.5 Å². The average Bonchev–Trinajstić information content (AvgIpc) is 3.20. The highest BCUT2D eigenvalue weighted by Gasteiger charge is 2.28. The molecule has 6 nitrogen and oxygen atoms in total. The molecule has 1 fully saturated rings. The molecule has 1 saturated carbocycles. The van der Waals surface area contributed by atoms with E-state index in [-0.39, 0.29) is 11.9 Å². The first-order chi connectivity index (χ1) is 12.2. The van der Waals surface area contributed by atoms with Gasteiger partial charge in [0.15, 0.2) is 0 Å². The molecular weight excluding hydrogens is 323 g/mol. The molecule has 128 valence electrons. The molecule has 2 heterocycles. The van der Waals surface area contributed by atoms with Crippen LogP contribution in [0.2, 0.25) is 0 Å². The molecule has 0 saturated heterocycles. The summed E-state index contributed by atoms with van der Waals surface area (Å²) in [7, 11) is 0. The summed E-state index contributed by atoms with van der Waals surface area (Å²) in [5.41, 5.74) is 2.07. The van der Waals surface area contributed by atoms with Gasteiger partial charge < -0.3 is 4.42 Å². The summed E-state index contributed by atoms with van der Waals surface area (Å²) in [4.78, 5) is 16.7. The predicted octanol–water partition coefficient (Wildman–Crippen LogP) is 3.83. The zero-order valence-corrected chi connectivity index (χ0v) is 13.7. The van der Waals surface area contributed by atoms with Crippen LogP contribution in [-0.4, -0.2) is 20.7 Å². The SMILES string of the molecule is CCn1nc(C2CC2)cc1C(=O)Nc1nc(-c2ccccc2F)co1. The van der Waals surface area contributed by atoms with Crippen LogP contribution in [0.1, 0.15) is 41.9 Å². The third-order valence-corrected chi connectivity index (χ3v) is 4.20. The molecule has 7 heteroatoms. The summed E-state index contributed by atoms with van der Waals surface area (Å²) < 4.78 is 20.8. The zero-order chi connectivity index (χ0) is 17.4. The van der Waals surface area contributed by atoms with Crippen molar-refractivity contribution in [3.05, 3.63) is 53.8 Å². The second kappa shape index (κ2) is 6.16. The first-order valence-electron chi connectivity index (χ1n) is 8.25. The normalized spacial score (nSPS) is 13.8. The summed E-state index contributed by atoms with van der Waals surface area (Å²) in [6.07, 6.45) is 3.56. The minimum absolute atomic E-state index is 0.0279. The molecule has 3 aromatic rings. The highest BCUT2D eigenvalue weighted by Crippen LogP contribution is 2.39. The minimum atomic E-state index is -0.396. The molecular formula is C18H17FN4O2. The maximum absolute atomic E-state index is 13.8. The number of anilines is 1. The first-order valence-corrected chi connectivity index (χ1v) is 8.25. The zero-order valence-electron chi connectivity index (χ0n) is 13.7. The number of hydrogen-bond donors (Lipinski definition) is 1. The van der Waals surface area contributed by atoms with Crippen LogP contribution in [0, 0.1) is 5.82 Å². The molecule has 1 amide bonds. The van der Waals surface area contributed by atoms with Crippen molar-refractivity contribution in [3.8, 4) is 11.3 Å². The van der Waals surface area contributed by atoms with Crippen LogP contribution < -0.4 is 5.32 Å². The topological polar surface area (TPSA) is 73.0 Å². The van der Waals surface area contributed by atoms with Crippen LogP contribution in [0.25, 0.3) is 11.3 Å². The Morgan fingerprint density at radius 2 is 2.20 bits per heavy atom. The highest BCUT2D eigenvalue weighted by molar-refractivity contribution is 6.02. The van der Waals surface area contributed by atoms with Crippen LogP contribution in [0.4, 0.5) is 10.4 Å². The molecule has 25 heavy (non-hydrogen) atoms. The van der Waals surface area contributed by atoms with E-state index in [0.29, 0.717) is 29.4 Å². The molecule has 1 N–H and O–H groups in total. The summed E-state index contributed by atoms with van der Waals surface area (Å²) in [5, 5.41) is 7.09. The van der Waals surface area contributed by atoms with Crippen LogP contribution in [0.3, 0.4) is 0 Å². The summed E-state index contributed by atoms with van der Waals surface area (Å²) >= 11 is 0. The largest absolute Gasteiger partial charge is 0.431 e. The number of hydrogen-bond acceptors (Lipinski definition) is 4. The lowest BCUT2D eigenvalue weighted by Crippen LogP contribution is -2.17. The molecule has 2 aromatic heterocycles. The quantitative estimate of drug-likeness (QED) is 0.766. The third kappa shape index (κ3) is 3.05. The fraction of sp³-hybridized carbons (Fsp3) is 0.278. The van der Waals surface area contributed by atoms with Crippen molar-refractivity contribution < 1.29 is 13.6 Å². The van der Waals surface area contributed by atoms with Crippen LogP contribution >= 0.6 is 0 Å². The van der Waals surface area contributed by atoms with Gasteiger partial charge in [-0.1, -0.05) is 12.1 Å². The first kappa shape index (κ1) is 15.6. The van der Waals surface area contributed by atoms with E-state index in [2.05, 4.69) is 15.4 Å². The van der Waals surface area contributed by atoms with Crippen molar-refractivity contribution in [2.45, 2.75) is 32.2 Å². The van der Waals surface area contributed by atoms with Crippen LogP contribution in [-0.2, 0) is 6.54 Å². The maximum atomic E-state index is 13.8. The maximum Gasteiger partial charge on any atom is 0.302 e. The van der Waals surface area contributed by atoms with Crippen LogP contribution in [0.15, 0.2) is 41.0 Å². The average molecular weight is 340 g/mol. The number of aryl methyl sites for hydroxylation is 1. The van der Waals surface area contributed by atoms with Crippen molar-refractivity contribution in [2.24, 2.45) is 0 Å². The lowest BCUT2D eigenvalue weighted by Gasteiger charge is -2.03. The van der Waals surface area contributed by atoms with Gasteiger partial charge in [-0.2, -0.15) is 10.1 Å². The van der Waals surface area contributed by atoms with Gasteiger partial charge in [0, 0.05) is 18.0 Å². The van der Waals surface area contributed by atoms with E-state index in [1.807, 2.05) is 13.0 Å². The Kier molecular flexibility index (Phi) is 3.83. The second-order valence-corrected chi connectivity index (χ2v) is 6.02. The molecule has 0 spiro atoms. The van der Waals surface area contributed by atoms with E-state index in [1.165, 1.54) is 12.3 Å². The van der Waals surface area contributed by atoms with Crippen LogP contribution in [0.5, 0.6) is 0 Å². The molecule has 0 unspecified atom stereocenters. The van der Waals surface area contributed by atoms with Gasteiger partial charge in [-0.25, -0.2) is 4.39 Å². The monoisotopic (exact) mass is 340 g/mol. The number of halogens is 1. The number of nitrogens with zero attached hydrogens (tertiary/aromatic N) is 3. The van der Waals surface area contributed by atoms with E-state index < -0.39 is 5.82 Å². The van der Waals surface area contributed by atoms with Crippen molar-refractivity contribution >= 4 is 11.9 Å². The van der Waals surface area contributed by atoms with E-state index >= 15 is 0 Å². The van der Waals surface area contributed by atoms with Crippen molar-refractivity contribution in [1.82, 2.24) is 14.8 Å². The number of benzene rings is 1. The van der Waals surface area contributed by atoms with Crippen molar-refractivity contribution in [1.29, 1.82) is 0 Å². The molecule has 0 radical (unpaired) electrons. The number of aromatic nitrogens is 3. The lowest BCUT2D eigenvalue weighted by atomic mass is 10.1. The van der Waals surface area contributed by atoms with Crippen molar-refractivity contribution in [3.63, 3.8) is 0 Å². The molecule has 0 atom stereocenters. The Bertz CT molecular complexity index is 927. The second-order valence-electron chi connectivity index (χ2n) is 6.02. The lowest BCUT2D eigenvalue weighted by molar-refractivity contribution is 0.101. The highest BCUT2D eigenvalue weighted by atomic mass is 19.1. The van der Waals surface area contributed by atoms with Gasteiger partial charge >= 0.3 is 6.01 Å². The Hall–Kier alpha value is -2.96. The van der Waals surface area contributed by atoms with Gasteiger partial charge in [0.1, 0.15) is 23.5 Å². The Morgan fingerprint density at radius 1 is 1.40 bits per heavy atom. The summed E-state index contributed by atoms with van der Waals surface area (Å²) in [6.45, 7) is 2.53. The Labute approximate surface area is 143 Å². The molecule has 4 rings (SSSR count). The number of nitrogens with one attached hydrogen (secondary N) is 1. The van der Waals surface area contributed by atoms with E-state index in [9.17, 15) is 9.18 Å². The number of amides is 1. The smallest absolute Gasteiger partial charge is 0.302 e. The Balaban J connectivity index is 1.55. The number of oxazole rings is 1. The minimum Gasteiger partial charge on any atom is -0.431 e.